The van der Waals surface area contributed by atoms with Crippen LogP contribution in [0.25, 0.3) is 0 Å². The molecule has 4 rings (SSSR count). The largest absolute Gasteiger partial charge is 0.468 e. The third-order valence-corrected chi connectivity index (χ3v) is 7.45. The van der Waals surface area contributed by atoms with Crippen LogP contribution in [-0.4, -0.2) is 17.6 Å². The molecular formula is C30H30N4O3S. The highest BCUT2D eigenvalue weighted by Crippen LogP contribution is 2.41. The molecule has 0 aliphatic carbocycles. The summed E-state index contributed by atoms with van der Waals surface area (Å²) in [5.74, 6) is -0.662. The number of carbonyl (C=O) groups excluding carboxylic acids is 2. The molecule has 1 aliphatic heterocycles. The van der Waals surface area contributed by atoms with Gasteiger partial charge in [-0.15, -0.1) is 0 Å². The first kappa shape index (κ1) is 26.8. The number of para-hydroxylation sites is 1. The van der Waals surface area contributed by atoms with E-state index in [4.69, 9.17) is 4.42 Å². The van der Waals surface area contributed by atoms with Crippen molar-refractivity contribution in [2.45, 2.75) is 40.0 Å². The molecule has 0 radical (unpaired) electrons. The van der Waals surface area contributed by atoms with E-state index in [9.17, 15) is 14.9 Å². The molecule has 3 aromatic rings. The minimum absolute atomic E-state index is 0.0884. The van der Waals surface area contributed by atoms with Crippen LogP contribution >= 0.6 is 11.8 Å². The molecule has 0 saturated heterocycles. The molecule has 0 fully saturated rings. The van der Waals surface area contributed by atoms with Gasteiger partial charge in [-0.05, 0) is 68.1 Å². The highest BCUT2D eigenvalue weighted by Gasteiger charge is 2.36. The standard InChI is InChI=1S/C30H30N4O3S/c1-5-21-11-13-22(14-12-21)33-25(35)17-38-30-23(16-31)27(24-10-7-15-37-24)26(20(4)32-30)29(36)34-28-18(2)8-6-9-19(28)3/h6-15,27,32H,5,17H2,1-4H3,(H,33,35)(H,34,36)/t27-/m0/s1. The van der Waals surface area contributed by atoms with Crippen LogP contribution in [0.5, 0.6) is 0 Å². The van der Waals surface area contributed by atoms with Gasteiger partial charge in [0, 0.05) is 17.1 Å². The Morgan fingerprint density at radius 3 is 2.34 bits per heavy atom. The number of allylic oxidation sites excluding steroid dienone is 2. The molecule has 0 bridgehead atoms. The second-order valence-electron chi connectivity index (χ2n) is 9.07. The van der Waals surface area contributed by atoms with Crippen molar-refractivity contribution in [1.29, 1.82) is 5.26 Å². The molecule has 0 saturated carbocycles. The molecule has 0 spiro atoms. The van der Waals surface area contributed by atoms with Gasteiger partial charge in [-0.25, -0.2) is 0 Å². The fourth-order valence-electron chi connectivity index (χ4n) is 4.42. The van der Waals surface area contributed by atoms with Crippen LogP contribution in [0.2, 0.25) is 0 Å². The van der Waals surface area contributed by atoms with Gasteiger partial charge in [-0.1, -0.05) is 49.0 Å². The number of nitriles is 1. The van der Waals surface area contributed by atoms with E-state index >= 15 is 0 Å². The Balaban J connectivity index is 1.58. The number of amides is 2. The zero-order chi connectivity index (χ0) is 27.2. The summed E-state index contributed by atoms with van der Waals surface area (Å²) in [6.45, 7) is 7.74. The van der Waals surface area contributed by atoms with Crippen molar-refractivity contribution in [1.82, 2.24) is 5.32 Å². The second-order valence-corrected chi connectivity index (χ2v) is 10.1. The Kier molecular flexibility index (Phi) is 8.39. The van der Waals surface area contributed by atoms with Crippen molar-refractivity contribution in [2.24, 2.45) is 0 Å². The molecule has 1 atom stereocenters. The second kappa shape index (κ2) is 11.9. The van der Waals surface area contributed by atoms with Gasteiger partial charge in [0.1, 0.15) is 5.76 Å². The number of benzene rings is 2. The Hall–Kier alpha value is -4.22. The van der Waals surface area contributed by atoms with E-state index < -0.39 is 5.92 Å². The van der Waals surface area contributed by atoms with Crippen molar-refractivity contribution < 1.29 is 14.0 Å². The van der Waals surface area contributed by atoms with Crippen molar-refractivity contribution in [3.8, 4) is 6.07 Å². The van der Waals surface area contributed by atoms with Gasteiger partial charge in [0.2, 0.25) is 5.91 Å². The molecule has 2 heterocycles. The van der Waals surface area contributed by atoms with Crippen molar-refractivity contribution in [3.05, 3.63) is 105 Å². The zero-order valence-electron chi connectivity index (χ0n) is 21.8. The maximum Gasteiger partial charge on any atom is 0.254 e. The van der Waals surface area contributed by atoms with Gasteiger partial charge >= 0.3 is 0 Å². The van der Waals surface area contributed by atoms with Crippen LogP contribution in [0, 0.1) is 25.2 Å². The maximum atomic E-state index is 13.6. The van der Waals surface area contributed by atoms with Gasteiger partial charge in [0.25, 0.3) is 5.91 Å². The van der Waals surface area contributed by atoms with E-state index in [0.717, 1.165) is 23.2 Å². The SMILES string of the molecule is CCc1ccc(NC(=O)CSC2=C(C#N)[C@@H](c3ccco3)C(C(=O)Nc3c(C)cccc3C)=C(C)N2)cc1. The number of dihydropyridines is 1. The number of hydrogen-bond acceptors (Lipinski definition) is 6. The fraction of sp³-hybridized carbons (Fsp3) is 0.233. The molecule has 1 aromatic heterocycles. The summed E-state index contributed by atoms with van der Waals surface area (Å²) in [5, 5.41) is 19.8. The minimum Gasteiger partial charge on any atom is -0.468 e. The van der Waals surface area contributed by atoms with Crippen molar-refractivity contribution in [3.63, 3.8) is 0 Å². The van der Waals surface area contributed by atoms with E-state index in [1.165, 1.54) is 23.6 Å². The molecule has 0 unspecified atom stereocenters. The van der Waals surface area contributed by atoms with E-state index in [0.29, 0.717) is 33.3 Å². The number of nitrogens with zero attached hydrogens (tertiary/aromatic N) is 1. The van der Waals surface area contributed by atoms with Gasteiger partial charge < -0.3 is 20.4 Å². The molecule has 2 amide bonds. The monoisotopic (exact) mass is 526 g/mol. The first-order valence-corrected chi connectivity index (χ1v) is 13.4. The highest BCUT2D eigenvalue weighted by molar-refractivity contribution is 8.03. The quantitative estimate of drug-likeness (QED) is 0.324. The number of thioether (sulfide) groups is 1. The van der Waals surface area contributed by atoms with Crippen LogP contribution in [0.4, 0.5) is 11.4 Å². The molecule has 3 N–H and O–H groups in total. The van der Waals surface area contributed by atoms with Gasteiger partial charge in [-0.2, -0.15) is 5.26 Å². The summed E-state index contributed by atoms with van der Waals surface area (Å²) in [6.07, 6.45) is 2.45. The predicted molar refractivity (Wildman–Crippen MR) is 151 cm³/mol. The fourth-order valence-corrected chi connectivity index (χ4v) is 5.31. The average molecular weight is 527 g/mol. The van der Waals surface area contributed by atoms with Crippen LogP contribution in [0.3, 0.4) is 0 Å². The lowest BCUT2D eigenvalue weighted by atomic mass is 9.85. The molecule has 194 valence electrons. The third kappa shape index (κ3) is 5.84. The van der Waals surface area contributed by atoms with Crippen LogP contribution in [-0.2, 0) is 16.0 Å². The van der Waals surface area contributed by atoms with E-state index in [1.807, 2.05) is 56.3 Å². The molecule has 7 nitrogen and oxygen atoms in total. The molecule has 8 heteroatoms. The number of aryl methyl sites for hydroxylation is 3. The van der Waals surface area contributed by atoms with Crippen molar-refractivity contribution in [2.75, 3.05) is 16.4 Å². The third-order valence-electron chi connectivity index (χ3n) is 6.43. The first-order valence-electron chi connectivity index (χ1n) is 12.4. The lowest BCUT2D eigenvalue weighted by molar-refractivity contribution is -0.114. The Bertz CT molecular complexity index is 1430. The molecular weight excluding hydrogens is 496 g/mol. The number of furan rings is 1. The number of anilines is 2. The summed E-state index contributed by atoms with van der Waals surface area (Å²) in [7, 11) is 0. The molecule has 2 aromatic carbocycles. The number of nitrogens with one attached hydrogen (secondary N) is 3. The topological polar surface area (TPSA) is 107 Å². The van der Waals surface area contributed by atoms with E-state index in [1.54, 1.807) is 19.1 Å². The minimum atomic E-state index is -0.715. The van der Waals surface area contributed by atoms with E-state index in [2.05, 4.69) is 28.9 Å². The van der Waals surface area contributed by atoms with Gasteiger partial charge in [0.15, 0.2) is 0 Å². The molecule has 1 aliphatic rings. The summed E-state index contributed by atoms with van der Waals surface area (Å²) in [5.41, 5.74) is 5.83. The lowest BCUT2D eigenvalue weighted by Crippen LogP contribution is -2.31. The lowest BCUT2D eigenvalue weighted by Gasteiger charge is -2.28. The normalized spacial score (nSPS) is 15.1. The van der Waals surface area contributed by atoms with Crippen molar-refractivity contribution >= 4 is 35.0 Å². The summed E-state index contributed by atoms with van der Waals surface area (Å²) in [6, 6.07) is 19.3. The summed E-state index contributed by atoms with van der Waals surface area (Å²) in [4.78, 5) is 26.3. The number of rotatable bonds is 8. The van der Waals surface area contributed by atoms with Gasteiger partial charge in [0.05, 0.1) is 40.2 Å². The predicted octanol–water partition coefficient (Wildman–Crippen LogP) is 6.17. The first-order chi connectivity index (χ1) is 18.3. The summed E-state index contributed by atoms with van der Waals surface area (Å²) >= 11 is 1.22. The Morgan fingerprint density at radius 2 is 1.74 bits per heavy atom. The van der Waals surface area contributed by atoms with E-state index in [-0.39, 0.29) is 17.6 Å². The van der Waals surface area contributed by atoms with Crippen LogP contribution in [0.1, 0.15) is 42.2 Å². The smallest absolute Gasteiger partial charge is 0.254 e. The van der Waals surface area contributed by atoms with Gasteiger partial charge in [-0.3, -0.25) is 9.59 Å². The highest BCUT2D eigenvalue weighted by atomic mass is 32.2. The van der Waals surface area contributed by atoms with Crippen LogP contribution in [0.15, 0.2) is 87.1 Å². The summed E-state index contributed by atoms with van der Waals surface area (Å²) < 4.78 is 5.69. The zero-order valence-corrected chi connectivity index (χ0v) is 22.7. The maximum absolute atomic E-state index is 13.6. The number of carbonyl (C=O) groups is 2. The van der Waals surface area contributed by atoms with Crippen LogP contribution < -0.4 is 16.0 Å². The number of hydrogen-bond donors (Lipinski definition) is 3. The molecule has 38 heavy (non-hydrogen) atoms. The average Bonchev–Trinajstić information content (AvgIpc) is 3.44. The Labute approximate surface area is 227 Å². The Morgan fingerprint density at radius 1 is 1.03 bits per heavy atom.